The van der Waals surface area contributed by atoms with E-state index in [9.17, 15) is 9.59 Å². The Morgan fingerprint density at radius 3 is 2.53 bits per heavy atom. The molecule has 0 spiro atoms. The van der Waals surface area contributed by atoms with Crippen LogP contribution in [0.4, 0.5) is 0 Å². The molecule has 1 N–H and O–H groups in total. The highest BCUT2D eigenvalue weighted by Crippen LogP contribution is 2.42. The summed E-state index contributed by atoms with van der Waals surface area (Å²) in [6.07, 6.45) is 4.52. The van der Waals surface area contributed by atoms with Crippen LogP contribution in [0.3, 0.4) is 0 Å². The van der Waals surface area contributed by atoms with Crippen molar-refractivity contribution in [3.63, 3.8) is 0 Å². The minimum Gasteiger partial charge on any atom is -0.342 e. The molecule has 0 radical (unpaired) electrons. The minimum atomic E-state index is -0.682. The largest absolute Gasteiger partial charge is 0.342 e. The van der Waals surface area contributed by atoms with Crippen LogP contribution in [-0.2, 0) is 9.59 Å². The SMILES string of the molecule is CCCC(C)(C)N1CCC(=O)NC(C)(C2CC2)C1=O. The number of hydrogen-bond donors (Lipinski definition) is 1. The Morgan fingerprint density at radius 2 is 2.00 bits per heavy atom. The Morgan fingerprint density at radius 1 is 1.37 bits per heavy atom. The molecule has 2 fully saturated rings. The Kier molecular flexibility index (Phi) is 3.63. The van der Waals surface area contributed by atoms with Gasteiger partial charge in [0.05, 0.1) is 0 Å². The van der Waals surface area contributed by atoms with Crippen LogP contribution >= 0.6 is 0 Å². The van der Waals surface area contributed by atoms with Crippen LogP contribution in [0.5, 0.6) is 0 Å². The van der Waals surface area contributed by atoms with E-state index in [0.717, 1.165) is 25.7 Å². The maximum atomic E-state index is 12.9. The van der Waals surface area contributed by atoms with Crippen molar-refractivity contribution in [2.45, 2.75) is 70.9 Å². The molecule has 4 heteroatoms. The Balaban J connectivity index is 2.28. The fourth-order valence-corrected chi connectivity index (χ4v) is 3.26. The molecule has 1 saturated carbocycles. The topological polar surface area (TPSA) is 49.4 Å². The molecule has 0 aromatic carbocycles. The molecule has 1 saturated heterocycles. The maximum absolute atomic E-state index is 12.9. The van der Waals surface area contributed by atoms with Gasteiger partial charge >= 0.3 is 0 Å². The number of rotatable bonds is 4. The summed E-state index contributed by atoms with van der Waals surface area (Å²) in [5.41, 5.74) is -0.854. The summed E-state index contributed by atoms with van der Waals surface area (Å²) in [5.74, 6) is 0.443. The van der Waals surface area contributed by atoms with E-state index in [4.69, 9.17) is 0 Å². The molecular weight excluding hydrogens is 240 g/mol. The van der Waals surface area contributed by atoms with Gasteiger partial charge in [-0.25, -0.2) is 0 Å². The molecule has 0 bridgehead atoms. The molecule has 1 aliphatic heterocycles. The zero-order valence-electron chi connectivity index (χ0n) is 12.6. The molecule has 19 heavy (non-hydrogen) atoms. The van der Waals surface area contributed by atoms with Gasteiger partial charge in [-0.1, -0.05) is 13.3 Å². The van der Waals surface area contributed by atoms with Gasteiger partial charge in [0.15, 0.2) is 0 Å². The number of amides is 2. The number of carbonyl (C=O) groups excluding carboxylic acids is 2. The molecule has 2 rings (SSSR count). The number of hydrogen-bond acceptors (Lipinski definition) is 2. The predicted octanol–water partition coefficient (Wildman–Crippen LogP) is 2.08. The summed E-state index contributed by atoms with van der Waals surface area (Å²) in [5, 5.41) is 2.98. The standard InChI is InChI=1S/C15H26N2O2/c1-5-9-14(2,3)17-10-8-12(18)16-15(4,13(17)19)11-6-7-11/h11H,5-10H2,1-4H3,(H,16,18). The average Bonchev–Trinajstić information content (AvgIpc) is 3.11. The first-order valence-electron chi connectivity index (χ1n) is 7.44. The Bertz CT molecular complexity index is 388. The average molecular weight is 266 g/mol. The van der Waals surface area contributed by atoms with Gasteiger partial charge in [0.2, 0.25) is 11.8 Å². The van der Waals surface area contributed by atoms with Crippen LogP contribution < -0.4 is 5.32 Å². The van der Waals surface area contributed by atoms with Gasteiger partial charge in [0.25, 0.3) is 0 Å². The lowest BCUT2D eigenvalue weighted by molar-refractivity contribution is -0.144. The zero-order chi connectivity index (χ0) is 14.3. The van der Waals surface area contributed by atoms with Gasteiger partial charge in [0, 0.05) is 18.5 Å². The van der Waals surface area contributed by atoms with Crippen LogP contribution in [0.1, 0.15) is 59.8 Å². The van der Waals surface area contributed by atoms with Crippen molar-refractivity contribution in [1.82, 2.24) is 10.2 Å². The molecule has 4 nitrogen and oxygen atoms in total. The third-order valence-corrected chi connectivity index (χ3v) is 4.64. The van der Waals surface area contributed by atoms with Crippen LogP contribution in [0.25, 0.3) is 0 Å². The highest BCUT2D eigenvalue weighted by Gasteiger charge is 2.52. The van der Waals surface area contributed by atoms with Gasteiger partial charge < -0.3 is 10.2 Å². The summed E-state index contributed by atoms with van der Waals surface area (Å²) < 4.78 is 0. The third-order valence-electron chi connectivity index (χ3n) is 4.64. The second-order valence-corrected chi connectivity index (χ2v) is 6.79. The summed E-state index contributed by atoms with van der Waals surface area (Å²) in [6.45, 7) is 8.80. The zero-order valence-corrected chi connectivity index (χ0v) is 12.6. The monoisotopic (exact) mass is 266 g/mol. The van der Waals surface area contributed by atoms with E-state index < -0.39 is 5.54 Å². The fraction of sp³-hybridized carbons (Fsp3) is 0.867. The second-order valence-electron chi connectivity index (χ2n) is 6.79. The van der Waals surface area contributed by atoms with Crippen LogP contribution in [0, 0.1) is 5.92 Å². The van der Waals surface area contributed by atoms with Gasteiger partial charge in [-0.2, -0.15) is 0 Å². The van der Waals surface area contributed by atoms with E-state index in [1.165, 1.54) is 0 Å². The van der Waals surface area contributed by atoms with Crippen molar-refractivity contribution >= 4 is 11.8 Å². The third kappa shape index (κ3) is 2.63. The molecule has 1 heterocycles. The Labute approximate surface area is 115 Å². The lowest BCUT2D eigenvalue weighted by Gasteiger charge is -2.42. The van der Waals surface area contributed by atoms with E-state index in [1.54, 1.807) is 0 Å². The fourth-order valence-electron chi connectivity index (χ4n) is 3.26. The van der Waals surface area contributed by atoms with E-state index in [1.807, 2.05) is 11.8 Å². The lowest BCUT2D eigenvalue weighted by Crippen LogP contribution is -2.60. The highest BCUT2D eigenvalue weighted by molar-refractivity contribution is 5.94. The highest BCUT2D eigenvalue weighted by atomic mass is 16.2. The second kappa shape index (κ2) is 4.80. The molecule has 108 valence electrons. The van der Waals surface area contributed by atoms with E-state index in [0.29, 0.717) is 18.9 Å². The number of nitrogens with one attached hydrogen (secondary N) is 1. The van der Waals surface area contributed by atoms with E-state index in [-0.39, 0.29) is 17.4 Å². The lowest BCUT2D eigenvalue weighted by atomic mass is 9.89. The first-order chi connectivity index (χ1) is 8.81. The first-order valence-corrected chi connectivity index (χ1v) is 7.44. The molecule has 0 aromatic heterocycles. The van der Waals surface area contributed by atoms with Crippen molar-refractivity contribution in [3.05, 3.63) is 0 Å². The molecular formula is C15H26N2O2. The Hall–Kier alpha value is -1.06. The molecule has 0 aromatic rings. The quantitative estimate of drug-likeness (QED) is 0.847. The molecule has 1 unspecified atom stereocenters. The van der Waals surface area contributed by atoms with Gasteiger partial charge in [-0.05, 0) is 46.0 Å². The van der Waals surface area contributed by atoms with Crippen molar-refractivity contribution in [1.29, 1.82) is 0 Å². The van der Waals surface area contributed by atoms with Crippen LogP contribution in [0.15, 0.2) is 0 Å². The summed E-state index contributed by atoms with van der Waals surface area (Å²) >= 11 is 0. The molecule has 1 atom stereocenters. The molecule has 2 amide bonds. The van der Waals surface area contributed by atoms with Crippen molar-refractivity contribution in [2.24, 2.45) is 5.92 Å². The molecule has 2 aliphatic rings. The first kappa shape index (κ1) is 14.4. The van der Waals surface area contributed by atoms with Gasteiger partial charge in [0.1, 0.15) is 5.54 Å². The normalized spacial score (nSPS) is 29.2. The smallest absolute Gasteiger partial charge is 0.248 e. The summed E-state index contributed by atoms with van der Waals surface area (Å²) in [4.78, 5) is 26.8. The van der Waals surface area contributed by atoms with Crippen molar-refractivity contribution in [3.8, 4) is 0 Å². The van der Waals surface area contributed by atoms with E-state index >= 15 is 0 Å². The van der Waals surface area contributed by atoms with Crippen LogP contribution in [-0.4, -0.2) is 34.3 Å². The van der Waals surface area contributed by atoms with Gasteiger partial charge in [-0.3, -0.25) is 9.59 Å². The van der Waals surface area contributed by atoms with Crippen LogP contribution in [0.2, 0.25) is 0 Å². The van der Waals surface area contributed by atoms with Crippen molar-refractivity contribution in [2.75, 3.05) is 6.54 Å². The minimum absolute atomic E-state index is 0.0116. The maximum Gasteiger partial charge on any atom is 0.248 e. The predicted molar refractivity (Wildman–Crippen MR) is 74.6 cm³/mol. The summed E-state index contributed by atoms with van der Waals surface area (Å²) in [6, 6.07) is 0. The number of carbonyl (C=O) groups is 2. The van der Waals surface area contributed by atoms with Gasteiger partial charge in [-0.15, -0.1) is 0 Å². The summed E-state index contributed by atoms with van der Waals surface area (Å²) in [7, 11) is 0. The number of nitrogens with zero attached hydrogens (tertiary/aromatic N) is 1. The van der Waals surface area contributed by atoms with E-state index in [2.05, 4.69) is 26.1 Å². The molecule has 1 aliphatic carbocycles. The van der Waals surface area contributed by atoms with Crippen molar-refractivity contribution < 1.29 is 9.59 Å².